The number of hydrogen-bond acceptors (Lipinski definition) is 1. The van der Waals surface area contributed by atoms with Gasteiger partial charge in [0.15, 0.2) is 0 Å². The second-order valence-corrected chi connectivity index (χ2v) is 6.10. The Morgan fingerprint density at radius 3 is 2.35 bits per heavy atom. The maximum atomic E-state index is 3.83. The molecule has 1 rings (SSSR count). The summed E-state index contributed by atoms with van der Waals surface area (Å²) in [5.41, 5.74) is 0. The Balaban J connectivity index is 2.09. The molecule has 0 spiro atoms. The van der Waals surface area contributed by atoms with E-state index in [1.807, 2.05) is 0 Å². The first-order chi connectivity index (χ1) is 8.24. The van der Waals surface area contributed by atoms with Gasteiger partial charge in [-0.1, -0.05) is 51.9 Å². The SMILES string of the molecule is CCCCCCC(C)N[C@H](C)C1CCCCC1. The highest BCUT2D eigenvalue weighted by molar-refractivity contribution is 4.78. The van der Waals surface area contributed by atoms with Crippen molar-refractivity contribution < 1.29 is 0 Å². The van der Waals surface area contributed by atoms with Crippen molar-refractivity contribution in [3.05, 3.63) is 0 Å². The molecule has 0 aromatic carbocycles. The average molecular weight is 239 g/mol. The van der Waals surface area contributed by atoms with E-state index < -0.39 is 0 Å². The molecule has 1 aliphatic rings. The van der Waals surface area contributed by atoms with E-state index in [4.69, 9.17) is 0 Å². The number of unbranched alkanes of at least 4 members (excludes halogenated alkanes) is 3. The zero-order chi connectivity index (χ0) is 12.5. The molecule has 0 aliphatic heterocycles. The third kappa shape index (κ3) is 6.45. The van der Waals surface area contributed by atoms with Crippen LogP contribution in [-0.4, -0.2) is 12.1 Å². The number of hydrogen-bond donors (Lipinski definition) is 1. The fourth-order valence-corrected chi connectivity index (χ4v) is 3.18. The topological polar surface area (TPSA) is 12.0 Å². The summed E-state index contributed by atoms with van der Waals surface area (Å²) >= 11 is 0. The van der Waals surface area contributed by atoms with E-state index in [1.54, 1.807) is 0 Å². The minimum atomic E-state index is 0.712. The van der Waals surface area contributed by atoms with Crippen LogP contribution in [0, 0.1) is 5.92 Å². The van der Waals surface area contributed by atoms with Crippen molar-refractivity contribution in [2.24, 2.45) is 5.92 Å². The van der Waals surface area contributed by atoms with Crippen LogP contribution >= 0.6 is 0 Å². The fourth-order valence-electron chi connectivity index (χ4n) is 3.18. The summed E-state index contributed by atoms with van der Waals surface area (Å²) in [6.07, 6.45) is 14.2. The lowest BCUT2D eigenvalue weighted by atomic mass is 9.84. The van der Waals surface area contributed by atoms with Crippen LogP contribution in [0.15, 0.2) is 0 Å². The van der Waals surface area contributed by atoms with Gasteiger partial charge in [0, 0.05) is 12.1 Å². The fraction of sp³-hybridized carbons (Fsp3) is 1.00. The highest BCUT2D eigenvalue weighted by Gasteiger charge is 2.20. The predicted molar refractivity (Wildman–Crippen MR) is 77.4 cm³/mol. The van der Waals surface area contributed by atoms with Gasteiger partial charge in [0.2, 0.25) is 0 Å². The van der Waals surface area contributed by atoms with Crippen LogP contribution in [0.25, 0.3) is 0 Å². The smallest absolute Gasteiger partial charge is 0.00694 e. The molecule has 102 valence electrons. The molecule has 2 atom stereocenters. The Labute approximate surface area is 109 Å². The first-order valence-electron chi connectivity index (χ1n) is 8.00. The molecule has 0 heterocycles. The molecule has 1 saturated carbocycles. The molecule has 0 aromatic heterocycles. The average Bonchev–Trinajstić information content (AvgIpc) is 2.36. The van der Waals surface area contributed by atoms with Gasteiger partial charge in [-0.05, 0) is 39.0 Å². The molecule has 0 saturated heterocycles. The zero-order valence-electron chi connectivity index (χ0n) is 12.3. The van der Waals surface area contributed by atoms with E-state index >= 15 is 0 Å². The summed E-state index contributed by atoms with van der Waals surface area (Å²) in [6, 6.07) is 1.44. The summed E-state index contributed by atoms with van der Waals surface area (Å²) in [5, 5.41) is 3.83. The Morgan fingerprint density at radius 2 is 1.71 bits per heavy atom. The van der Waals surface area contributed by atoms with Gasteiger partial charge in [-0.3, -0.25) is 0 Å². The normalized spacial score (nSPS) is 21.4. The molecule has 0 amide bonds. The molecule has 0 bridgehead atoms. The lowest BCUT2D eigenvalue weighted by Gasteiger charge is -2.30. The van der Waals surface area contributed by atoms with E-state index in [1.165, 1.54) is 64.2 Å². The second kappa shape index (κ2) is 8.97. The lowest BCUT2D eigenvalue weighted by Crippen LogP contribution is -2.40. The van der Waals surface area contributed by atoms with Gasteiger partial charge in [0.25, 0.3) is 0 Å². The van der Waals surface area contributed by atoms with Gasteiger partial charge in [-0.15, -0.1) is 0 Å². The monoisotopic (exact) mass is 239 g/mol. The van der Waals surface area contributed by atoms with Crippen LogP contribution in [0.3, 0.4) is 0 Å². The largest absolute Gasteiger partial charge is 0.312 e. The molecule has 0 radical (unpaired) electrons. The molecule has 1 fully saturated rings. The summed E-state index contributed by atoms with van der Waals surface area (Å²) in [6.45, 7) is 7.05. The van der Waals surface area contributed by atoms with Crippen molar-refractivity contribution in [1.82, 2.24) is 5.32 Å². The molecular weight excluding hydrogens is 206 g/mol. The molecule has 1 heteroatoms. The molecule has 1 N–H and O–H groups in total. The van der Waals surface area contributed by atoms with Crippen molar-refractivity contribution in [3.63, 3.8) is 0 Å². The van der Waals surface area contributed by atoms with Crippen LogP contribution in [0.2, 0.25) is 0 Å². The van der Waals surface area contributed by atoms with Crippen molar-refractivity contribution in [3.8, 4) is 0 Å². The summed E-state index contributed by atoms with van der Waals surface area (Å²) < 4.78 is 0. The van der Waals surface area contributed by atoms with Gasteiger partial charge in [-0.25, -0.2) is 0 Å². The minimum absolute atomic E-state index is 0.712. The summed E-state index contributed by atoms with van der Waals surface area (Å²) in [7, 11) is 0. The molecule has 1 nitrogen and oxygen atoms in total. The highest BCUT2D eigenvalue weighted by Crippen LogP contribution is 2.26. The lowest BCUT2D eigenvalue weighted by molar-refractivity contribution is 0.263. The van der Waals surface area contributed by atoms with Gasteiger partial charge in [0.05, 0.1) is 0 Å². The van der Waals surface area contributed by atoms with Crippen LogP contribution in [-0.2, 0) is 0 Å². The summed E-state index contributed by atoms with van der Waals surface area (Å²) in [4.78, 5) is 0. The third-order valence-corrected chi connectivity index (χ3v) is 4.40. The number of nitrogens with one attached hydrogen (secondary N) is 1. The molecule has 0 aromatic rings. The zero-order valence-corrected chi connectivity index (χ0v) is 12.3. The highest BCUT2D eigenvalue weighted by atomic mass is 14.9. The first-order valence-corrected chi connectivity index (χ1v) is 8.00. The standard InChI is InChI=1S/C16H33N/c1-4-5-6-8-11-14(2)17-15(3)16-12-9-7-10-13-16/h14-17H,4-13H2,1-3H3/t14?,15-/m1/s1. The molecule has 1 unspecified atom stereocenters. The maximum Gasteiger partial charge on any atom is 0.00694 e. The quantitative estimate of drug-likeness (QED) is 0.594. The van der Waals surface area contributed by atoms with E-state index in [2.05, 4.69) is 26.1 Å². The third-order valence-electron chi connectivity index (χ3n) is 4.40. The minimum Gasteiger partial charge on any atom is -0.312 e. The van der Waals surface area contributed by atoms with Crippen molar-refractivity contribution in [2.75, 3.05) is 0 Å². The van der Waals surface area contributed by atoms with Crippen LogP contribution in [0.1, 0.15) is 85.0 Å². The Hall–Kier alpha value is -0.0400. The molecule has 1 aliphatic carbocycles. The van der Waals surface area contributed by atoms with Crippen molar-refractivity contribution >= 4 is 0 Å². The first kappa shape index (κ1) is 15.0. The molecule has 17 heavy (non-hydrogen) atoms. The predicted octanol–water partition coefficient (Wildman–Crippen LogP) is 4.90. The second-order valence-electron chi connectivity index (χ2n) is 6.10. The van der Waals surface area contributed by atoms with E-state index in [0.717, 1.165) is 12.0 Å². The van der Waals surface area contributed by atoms with Gasteiger partial charge < -0.3 is 5.32 Å². The Morgan fingerprint density at radius 1 is 1.00 bits per heavy atom. The van der Waals surface area contributed by atoms with Crippen LogP contribution in [0.5, 0.6) is 0 Å². The van der Waals surface area contributed by atoms with Crippen molar-refractivity contribution in [2.45, 2.75) is 97.1 Å². The van der Waals surface area contributed by atoms with Gasteiger partial charge in [0.1, 0.15) is 0 Å². The molecular formula is C16H33N. The van der Waals surface area contributed by atoms with Crippen molar-refractivity contribution in [1.29, 1.82) is 0 Å². The van der Waals surface area contributed by atoms with Crippen LogP contribution < -0.4 is 5.32 Å². The Bertz CT molecular complexity index is 172. The van der Waals surface area contributed by atoms with E-state index in [0.29, 0.717) is 6.04 Å². The van der Waals surface area contributed by atoms with Gasteiger partial charge in [-0.2, -0.15) is 0 Å². The summed E-state index contributed by atoms with van der Waals surface area (Å²) in [5.74, 6) is 0.946. The van der Waals surface area contributed by atoms with Crippen LogP contribution in [0.4, 0.5) is 0 Å². The van der Waals surface area contributed by atoms with Gasteiger partial charge >= 0.3 is 0 Å². The van der Waals surface area contributed by atoms with E-state index in [-0.39, 0.29) is 0 Å². The maximum absolute atomic E-state index is 3.83. The number of rotatable bonds is 8. The Kier molecular flexibility index (Phi) is 7.92. The van der Waals surface area contributed by atoms with E-state index in [9.17, 15) is 0 Å².